The molecule has 154 valence electrons. The molecule has 0 radical (unpaired) electrons. The Morgan fingerprint density at radius 1 is 0.966 bits per heavy atom. The van der Waals surface area contributed by atoms with Gasteiger partial charge in [0.25, 0.3) is 0 Å². The Morgan fingerprint density at radius 2 is 1.55 bits per heavy atom. The molecule has 0 atom stereocenters. The van der Waals surface area contributed by atoms with Crippen molar-refractivity contribution in [2.24, 2.45) is 5.73 Å². The first-order valence-electron chi connectivity index (χ1n) is 7.98. The van der Waals surface area contributed by atoms with Crippen molar-refractivity contribution in [2.45, 2.75) is 12.3 Å². The molecule has 2 N–H and O–H groups in total. The molecule has 0 aliphatic heterocycles. The number of halogens is 5. The monoisotopic (exact) mass is 414 g/mol. The summed E-state index contributed by atoms with van der Waals surface area (Å²) in [4.78, 5) is 14.8. The van der Waals surface area contributed by atoms with Gasteiger partial charge in [0, 0.05) is 11.1 Å². The van der Waals surface area contributed by atoms with E-state index in [0.717, 1.165) is 12.1 Å². The number of nitrogens with zero attached hydrogens (tertiary/aromatic N) is 3. The van der Waals surface area contributed by atoms with Gasteiger partial charge in [-0.1, -0.05) is 24.3 Å². The average molecular weight is 414 g/mol. The topological polar surface area (TPSA) is 83.0 Å². The molecule has 0 aliphatic carbocycles. The number of nitrogens with two attached hydrogens (primary N) is 1. The molecule has 6 nitrogen and oxygen atoms in total. The van der Waals surface area contributed by atoms with E-state index in [1.165, 1.54) is 30.2 Å². The fraction of sp³-hybridized carbons (Fsp3) is 0.167. The summed E-state index contributed by atoms with van der Waals surface area (Å²) >= 11 is 0. The molecule has 0 aliphatic rings. The lowest BCUT2D eigenvalue weighted by Crippen LogP contribution is -2.41. The lowest BCUT2D eigenvalue weighted by Gasteiger charge is -2.20. The van der Waals surface area contributed by atoms with Gasteiger partial charge < -0.3 is 10.5 Å². The van der Waals surface area contributed by atoms with Crippen LogP contribution in [0, 0.1) is 0 Å². The Morgan fingerprint density at radius 3 is 2.07 bits per heavy atom. The van der Waals surface area contributed by atoms with Crippen LogP contribution in [0.4, 0.5) is 22.0 Å². The van der Waals surface area contributed by atoms with Crippen LogP contribution in [-0.4, -0.2) is 40.4 Å². The predicted molar refractivity (Wildman–Crippen MR) is 93.9 cm³/mol. The van der Waals surface area contributed by atoms with Crippen molar-refractivity contribution in [3.63, 3.8) is 0 Å². The van der Waals surface area contributed by atoms with Crippen LogP contribution in [0.25, 0.3) is 17.1 Å². The van der Waals surface area contributed by atoms with Crippen LogP contribution in [0.15, 0.2) is 54.9 Å². The van der Waals surface area contributed by atoms with Crippen LogP contribution in [0.2, 0.25) is 0 Å². The number of rotatable bonds is 5. The van der Waals surface area contributed by atoms with Crippen molar-refractivity contribution in [2.75, 3.05) is 7.05 Å². The normalized spacial score (nSPS) is 11.4. The fourth-order valence-electron chi connectivity index (χ4n) is 2.10. The van der Waals surface area contributed by atoms with Crippen LogP contribution < -0.4 is 10.5 Å². The Balaban J connectivity index is 0.00000145. The molecule has 0 spiro atoms. The quantitative estimate of drug-likeness (QED) is 0.507. The minimum atomic E-state index is -5.81. The molecule has 3 aromatic rings. The van der Waals surface area contributed by atoms with Gasteiger partial charge in [-0.05, 0) is 31.3 Å². The highest BCUT2D eigenvalue weighted by Crippen LogP contribution is 2.37. The van der Waals surface area contributed by atoms with E-state index in [1.54, 1.807) is 24.3 Å². The van der Waals surface area contributed by atoms with E-state index < -0.39 is 18.0 Å². The summed E-state index contributed by atoms with van der Waals surface area (Å²) in [6.07, 6.45) is -9.06. The molecule has 0 amide bonds. The van der Waals surface area contributed by atoms with Crippen molar-refractivity contribution in [3.05, 3.63) is 60.4 Å². The van der Waals surface area contributed by atoms with E-state index in [0.29, 0.717) is 28.9 Å². The highest BCUT2D eigenvalue weighted by atomic mass is 19.4. The summed E-state index contributed by atoms with van der Waals surface area (Å²) in [5.41, 5.74) is 6.01. The fourth-order valence-corrected chi connectivity index (χ4v) is 2.10. The molecule has 11 heteroatoms. The lowest BCUT2D eigenvalue weighted by atomic mass is 10.1. The van der Waals surface area contributed by atoms with Gasteiger partial charge in [-0.3, -0.25) is 4.79 Å². The van der Waals surface area contributed by atoms with Crippen molar-refractivity contribution >= 4 is 6.29 Å². The Bertz CT molecular complexity index is 938. The van der Waals surface area contributed by atoms with Crippen molar-refractivity contribution in [1.82, 2.24) is 14.8 Å². The Kier molecular flexibility index (Phi) is 6.64. The molecule has 0 saturated carbocycles. The molecule has 0 fully saturated rings. The number of ether oxygens (including phenoxy) is 1. The van der Waals surface area contributed by atoms with Crippen LogP contribution in [0.1, 0.15) is 10.4 Å². The van der Waals surface area contributed by atoms with Gasteiger partial charge in [0.05, 0.1) is 5.69 Å². The number of alkyl halides is 5. The average Bonchev–Trinajstić information content (AvgIpc) is 3.19. The van der Waals surface area contributed by atoms with E-state index in [4.69, 9.17) is 0 Å². The molecule has 0 bridgehead atoms. The first kappa shape index (κ1) is 22.0. The second-order valence-corrected chi connectivity index (χ2v) is 5.36. The molecule has 1 heterocycles. The van der Waals surface area contributed by atoms with Crippen molar-refractivity contribution in [3.8, 4) is 22.8 Å². The van der Waals surface area contributed by atoms with Crippen LogP contribution >= 0.6 is 0 Å². The smallest absolute Gasteiger partial charge is 0.426 e. The first-order chi connectivity index (χ1) is 13.7. The summed E-state index contributed by atoms with van der Waals surface area (Å²) in [7, 11) is 1.50. The zero-order valence-electron chi connectivity index (χ0n) is 14.9. The number of carbonyl (C=O) groups excluding carboxylic acids is 1. The maximum Gasteiger partial charge on any atom is 0.499 e. The van der Waals surface area contributed by atoms with Gasteiger partial charge in [-0.25, -0.2) is 9.67 Å². The summed E-state index contributed by atoms with van der Waals surface area (Å²) in [6, 6.07) is 10.9. The Labute approximate surface area is 161 Å². The first-order valence-corrected chi connectivity index (χ1v) is 7.98. The maximum atomic E-state index is 12.9. The molecule has 29 heavy (non-hydrogen) atoms. The van der Waals surface area contributed by atoms with Gasteiger partial charge >= 0.3 is 12.3 Å². The zero-order valence-corrected chi connectivity index (χ0v) is 14.9. The molecule has 3 rings (SSSR count). The van der Waals surface area contributed by atoms with Gasteiger partial charge in [-0.2, -0.15) is 22.0 Å². The molecular weight excluding hydrogens is 399 g/mol. The van der Waals surface area contributed by atoms with E-state index in [2.05, 4.69) is 20.6 Å². The molecular formula is C18H15F5N4O2. The number of aromatic nitrogens is 3. The molecule has 0 saturated heterocycles. The summed E-state index contributed by atoms with van der Waals surface area (Å²) in [5, 5.41) is 4.20. The van der Waals surface area contributed by atoms with Crippen LogP contribution in [-0.2, 0) is 0 Å². The van der Waals surface area contributed by atoms with E-state index in [-0.39, 0.29) is 0 Å². The van der Waals surface area contributed by atoms with Crippen LogP contribution in [0.5, 0.6) is 5.75 Å². The van der Waals surface area contributed by atoms with Gasteiger partial charge in [0.2, 0.25) is 0 Å². The largest absolute Gasteiger partial charge is 0.499 e. The third-order valence-corrected chi connectivity index (χ3v) is 3.47. The minimum absolute atomic E-state index is 0.344. The summed E-state index contributed by atoms with van der Waals surface area (Å²) in [5.74, 6) is -0.303. The Hall–Kier alpha value is -3.34. The summed E-state index contributed by atoms with van der Waals surface area (Å²) < 4.78 is 67.3. The van der Waals surface area contributed by atoms with Crippen molar-refractivity contribution in [1.29, 1.82) is 0 Å². The second-order valence-electron chi connectivity index (χ2n) is 5.36. The number of benzene rings is 2. The lowest BCUT2D eigenvalue weighted by molar-refractivity contribution is -0.360. The van der Waals surface area contributed by atoms with Crippen molar-refractivity contribution < 1.29 is 31.5 Å². The number of aldehydes is 1. The van der Waals surface area contributed by atoms with Gasteiger partial charge in [0.1, 0.15) is 18.4 Å². The standard InChI is InChI=1S/C17H10F5N3O2.CH5N/c18-16(19,20)17(21,22)27-14-7-5-13(6-8-14)25-10-23-15(24-25)12-3-1-11(9-26)2-4-12;1-2/h1-10H;2H2,1H3. The third-order valence-electron chi connectivity index (χ3n) is 3.47. The summed E-state index contributed by atoms with van der Waals surface area (Å²) in [6.45, 7) is 0. The number of hydrogen-bond acceptors (Lipinski definition) is 5. The molecule has 0 unspecified atom stereocenters. The van der Waals surface area contributed by atoms with E-state index in [1.807, 2.05) is 0 Å². The number of hydrogen-bond donors (Lipinski definition) is 1. The molecule has 1 aromatic heterocycles. The third kappa shape index (κ3) is 5.13. The van der Waals surface area contributed by atoms with E-state index in [9.17, 15) is 26.7 Å². The zero-order chi connectivity index (χ0) is 21.7. The van der Waals surface area contributed by atoms with Gasteiger partial charge in [0.15, 0.2) is 5.82 Å². The predicted octanol–water partition coefficient (Wildman–Crippen LogP) is 3.86. The highest BCUT2D eigenvalue weighted by Gasteiger charge is 2.61. The van der Waals surface area contributed by atoms with Gasteiger partial charge in [-0.15, -0.1) is 5.10 Å². The minimum Gasteiger partial charge on any atom is -0.426 e. The van der Waals surface area contributed by atoms with E-state index >= 15 is 0 Å². The second kappa shape index (κ2) is 8.78. The SMILES string of the molecule is CN.O=Cc1ccc(-c2ncn(-c3ccc(OC(F)(F)C(F)(F)F)cc3)n2)cc1. The highest BCUT2D eigenvalue weighted by molar-refractivity contribution is 5.76. The maximum absolute atomic E-state index is 12.9. The molecule has 2 aromatic carbocycles. The number of carbonyl (C=O) groups is 1. The van der Waals surface area contributed by atoms with Crippen LogP contribution in [0.3, 0.4) is 0 Å².